The number of amides is 1. The first-order chi connectivity index (χ1) is 14.8. The zero-order chi connectivity index (χ0) is 20.3. The van der Waals surface area contributed by atoms with E-state index in [1.165, 1.54) is 0 Å². The number of carbonyl (C=O) groups excluding carboxylic acids is 1. The SMILES string of the molecule is O=C(COc1ccccc1)N1CC[C@H](c2nnc(Cc3c[nH]c4ccccc34)o2)C1. The number of likely N-dealkylation sites (tertiary alicyclic amines) is 1. The normalized spacial score (nSPS) is 16.3. The van der Waals surface area contributed by atoms with Crippen LogP contribution >= 0.6 is 0 Å². The predicted molar refractivity (Wildman–Crippen MR) is 111 cm³/mol. The maximum Gasteiger partial charge on any atom is 0.260 e. The lowest BCUT2D eigenvalue weighted by molar-refractivity contribution is -0.132. The van der Waals surface area contributed by atoms with Gasteiger partial charge in [0.05, 0.1) is 12.3 Å². The summed E-state index contributed by atoms with van der Waals surface area (Å²) in [7, 11) is 0. The average molecular weight is 402 g/mol. The van der Waals surface area contributed by atoms with Crippen LogP contribution in [0.4, 0.5) is 0 Å². The highest BCUT2D eigenvalue weighted by Crippen LogP contribution is 2.27. The van der Waals surface area contributed by atoms with Crippen LogP contribution in [0, 0.1) is 0 Å². The molecule has 7 nitrogen and oxygen atoms in total. The largest absolute Gasteiger partial charge is 0.484 e. The number of H-pyrrole nitrogens is 1. The van der Waals surface area contributed by atoms with Gasteiger partial charge in [0.15, 0.2) is 6.61 Å². The van der Waals surface area contributed by atoms with Crippen molar-refractivity contribution in [2.24, 2.45) is 0 Å². The van der Waals surface area contributed by atoms with E-state index in [1.807, 2.05) is 54.7 Å². The molecule has 0 saturated carbocycles. The lowest BCUT2D eigenvalue weighted by Gasteiger charge is -2.16. The molecular weight excluding hydrogens is 380 g/mol. The van der Waals surface area contributed by atoms with Gasteiger partial charge in [0.25, 0.3) is 5.91 Å². The molecule has 5 rings (SSSR count). The van der Waals surface area contributed by atoms with Crippen molar-refractivity contribution in [1.29, 1.82) is 0 Å². The number of ether oxygens (including phenoxy) is 1. The van der Waals surface area contributed by atoms with E-state index in [0.29, 0.717) is 37.0 Å². The summed E-state index contributed by atoms with van der Waals surface area (Å²) in [6, 6.07) is 17.5. The fraction of sp³-hybridized carbons (Fsp3) is 0.261. The van der Waals surface area contributed by atoms with Gasteiger partial charge in [-0.25, -0.2) is 0 Å². The second-order valence-electron chi connectivity index (χ2n) is 7.50. The topological polar surface area (TPSA) is 84.2 Å². The van der Waals surface area contributed by atoms with Crippen molar-refractivity contribution in [3.8, 4) is 5.75 Å². The van der Waals surface area contributed by atoms with Gasteiger partial charge in [0.2, 0.25) is 11.8 Å². The van der Waals surface area contributed by atoms with Crippen molar-refractivity contribution < 1.29 is 13.9 Å². The molecular formula is C23H22N4O3. The van der Waals surface area contributed by atoms with Crippen LogP contribution in [0.2, 0.25) is 0 Å². The molecule has 4 aromatic rings. The summed E-state index contributed by atoms with van der Waals surface area (Å²) < 4.78 is 11.5. The number of aromatic nitrogens is 3. The Labute approximate surface area is 173 Å². The van der Waals surface area contributed by atoms with Crippen molar-refractivity contribution >= 4 is 16.8 Å². The van der Waals surface area contributed by atoms with Crippen molar-refractivity contribution in [2.45, 2.75) is 18.8 Å². The van der Waals surface area contributed by atoms with E-state index < -0.39 is 0 Å². The highest BCUT2D eigenvalue weighted by atomic mass is 16.5. The molecule has 30 heavy (non-hydrogen) atoms. The molecule has 1 atom stereocenters. The Morgan fingerprint density at radius 3 is 2.87 bits per heavy atom. The minimum atomic E-state index is -0.0279. The molecule has 0 radical (unpaired) electrons. The third kappa shape index (κ3) is 3.78. The lowest BCUT2D eigenvalue weighted by Crippen LogP contribution is -2.32. The van der Waals surface area contributed by atoms with Gasteiger partial charge >= 0.3 is 0 Å². The average Bonchev–Trinajstić information content (AvgIpc) is 3.53. The Morgan fingerprint density at radius 1 is 1.13 bits per heavy atom. The van der Waals surface area contributed by atoms with Crippen LogP contribution in [-0.2, 0) is 11.2 Å². The summed E-state index contributed by atoms with van der Waals surface area (Å²) >= 11 is 0. The van der Waals surface area contributed by atoms with Crippen LogP contribution < -0.4 is 4.74 Å². The Morgan fingerprint density at radius 2 is 1.97 bits per heavy atom. The summed E-state index contributed by atoms with van der Waals surface area (Å²) in [5, 5.41) is 9.64. The molecule has 0 aliphatic carbocycles. The molecule has 1 aliphatic rings. The van der Waals surface area contributed by atoms with E-state index in [1.54, 1.807) is 4.90 Å². The number of hydrogen-bond donors (Lipinski definition) is 1. The summed E-state index contributed by atoms with van der Waals surface area (Å²) in [5.74, 6) is 1.92. The Kier molecular flexibility index (Phi) is 4.93. The predicted octanol–water partition coefficient (Wildman–Crippen LogP) is 3.54. The molecule has 1 fully saturated rings. The number of nitrogens with zero attached hydrogens (tertiary/aromatic N) is 3. The molecule has 0 unspecified atom stereocenters. The van der Waals surface area contributed by atoms with E-state index in [4.69, 9.17) is 9.15 Å². The molecule has 3 heterocycles. The van der Waals surface area contributed by atoms with E-state index >= 15 is 0 Å². The standard InChI is InChI=1S/C23H22N4O3/c28-22(15-29-18-6-2-1-3-7-18)27-11-10-16(14-27)23-26-25-21(30-23)12-17-13-24-20-9-5-4-8-19(17)20/h1-9,13,16,24H,10-12,14-15H2/t16-/m0/s1. The second-order valence-corrected chi connectivity index (χ2v) is 7.50. The summed E-state index contributed by atoms with van der Waals surface area (Å²) in [5.41, 5.74) is 2.22. The third-order valence-electron chi connectivity index (χ3n) is 5.49. The van der Waals surface area contributed by atoms with Gasteiger partial charge < -0.3 is 19.0 Å². The van der Waals surface area contributed by atoms with Crippen LogP contribution in [0.3, 0.4) is 0 Å². The number of hydrogen-bond acceptors (Lipinski definition) is 5. The minimum absolute atomic E-state index is 0.0279. The quantitative estimate of drug-likeness (QED) is 0.533. The van der Waals surface area contributed by atoms with Crippen LogP contribution in [0.5, 0.6) is 5.75 Å². The Bertz CT molecular complexity index is 1150. The number of benzene rings is 2. The zero-order valence-corrected chi connectivity index (χ0v) is 16.5. The van der Waals surface area contributed by atoms with Gasteiger partial charge in [-0.2, -0.15) is 0 Å². The third-order valence-corrected chi connectivity index (χ3v) is 5.49. The van der Waals surface area contributed by atoms with Gasteiger partial charge in [-0.15, -0.1) is 10.2 Å². The van der Waals surface area contributed by atoms with Crippen molar-refractivity contribution in [2.75, 3.05) is 19.7 Å². The van der Waals surface area contributed by atoms with Crippen LogP contribution in [0.25, 0.3) is 10.9 Å². The highest BCUT2D eigenvalue weighted by molar-refractivity contribution is 5.83. The van der Waals surface area contributed by atoms with Gasteiger partial charge in [-0.1, -0.05) is 36.4 Å². The molecule has 7 heteroatoms. The number of nitrogens with one attached hydrogen (secondary N) is 1. The van der Waals surface area contributed by atoms with Crippen molar-refractivity contribution in [1.82, 2.24) is 20.1 Å². The van der Waals surface area contributed by atoms with Gasteiger partial charge in [-0.3, -0.25) is 4.79 Å². The maximum absolute atomic E-state index is 12.5. The van der Waals surface area contributed by atoms with E-state index in [9.17, 15) is 4.79 Å². The summed E-state index contributed by atoms with van der Waals surface area (Å²) in [6.07, 6.45) is 3.38. The first-order valence-corrected chi connectivity index (χ1v) is 10.1. The molecule has 2 aromatic heterocycles. The van der Waals surface area contributed by atoms with Gasteiger partial charge in [-0.05, 0) is 30.2 Å². The van der Waals surface area contributed by atoms with Gasteiger partial charge in [0.1, 0.15) is 5.75 Å². The smallest absolute Gasteiger partial charge is 0.260 e. The number of para-hydroxylation sites is 2. The van der Waals surface area contributed by atoms with Crippen molar-refractivity contribution in [3.05, 3.63) is 78.1 Å². The molecule has 1 saturated heterocycles. The van der Waals surface area contributed by atoms with E-state index in [-0.39, 0.29) is 18.4 Å². The molecule has 1 amide bonds. The fourth-order valence-corrected chi connectivity index (χ4v) is 3.89. The molecule has 0 bridgehead atoms. The van der Waals surface area contributed by atoms with Crippen LogP contribution in [0.1, 0.15) is 29.7 Å². The Balaban J connectivity index is 1.19. The minimum Gasteiger partial charge on any atom is -0.484 e. The first kappa shape index (κ1) is 18.4. The number of rotatable bonds is 6. The number of aromatic amines is 1. The Hall–Kier alpha value is -3.61. The molecule has 0 spiro atoms. The van der Waals surface area contributed by atoms with Crippen LogP contribution in [0.15, 0.2) is 65.2 Å². The molecule has 1 N–H and O–H groups in total. The first-order valence-electron chi connectivity index (χ1n) is 10.1. The molecule has 2 aromatic carbocycles. The van der Waals surface area contributed by atoms with E-state index in [2.05, 4.69) is 21.2 Å². The zero-order valence-electron chi connectivity index (χ0n) is 16.5. The molecule has 152 valence electrons. The fourth-order valence-electron chi connectivity index (χ4n) is 3.89. The second kappa shape index (κ2) is 8.02. The lowest BCUT2D eigenvalue weighted by atomic mass is 10.1. The molecule has 1 aliphatic heterocycles. The highest BCUT2D eigenvalue weighted by Gasteiger charge is 2.31. The number of carbonyl (C=O) groups is 1. The maximum atomic E-state index is 12.5. The van der Waals surface area contributed by atoms with E-state index in [0.717, 1.165) is 22.9 Å². The van der Waals surface area contributed by atoms with Crippen LogP contribution in [-0.4, -0.2) is 45.7 Å². The van der Waals surface area contributed by atoms with Gasteiger partial charge in [0, 0.05) is 30.2 Å². The summed E-state index contributed by atoms with van der Waals surface area (Å²) in [4.78, 5) is 17.5. The monoisotopic (exact) mass is 402 g/mol. The number of fused-ring (bicyclic) bond motifs is 1. The summed E-state index contributed by atoms with van der Waals surface area (Å²) in [6.45, 7) is 1.28. The van der Waals surface area contributed by atoms with Crippen molar-refractivity contribution in [3.63, 3.8) is 0 Å².